The Kier molecular flexibility index (Phi) is 5.44. The third-order valence-corrected chi connectivity index (χ3v) is 6.09. The van der Waals surface area contributed by atoms with Crippen molar-refractivity contribution >= 4 is 34.8 Å². The Labute approximate surface area is 195 Å². The molecule has 3 atom stereocenters. The Hall–Kier alpha value is -3.55. The molecule has 3 aromatic carbocycles. The first kappa shape index (κ1) is 21.3. The van der Waals surface area contributed by atoms with E-state index < -0.39 is 24.0 Å². The fourth-order valence-corrected chi connectivity index (χ4v) is 4.51. The maximum Gasteiger partial charge on any atom is 0.266 e. The van der Waals surface area contributed by atoms with Crippen LogP contribution >= 0.6 is 11.6 Å². The Bertz CT molecular complexity index is 1200. The highest BCUT2D eigenvalue weighted by Crippen LogP contribution is 2.48. The Morgan fingerprint density at radius 1 is 0.970 bits per heavy atom. The van der Waals surface area contributed by atoms with E-state index in [-0.39, 0.29) is 11.7 Å². The summed E-state index contributed by atoms with van der Waals surface area (Å²) in [5.41, 5.74) is 1.84. The van der Waals surface area contributed by atoms with Crippen molar-refractivity contribution in [3.8, 4) is 11.5 Å². The maximum atomic E-state index is 13.6. The van der Waals surface area contributed by atoms with Crippen LogP contribution in [0.25, 0.3) is 0 Å². The number of carbonyl (C=O) groups excluding carboxylic acids is 2. The van der Waals surface area contributed by atoms with Crippen molar-refractivity contribution in [3.05, 3.63) is 83.4 Å². The van der Waals surface area contributed by atoms with Crippen LogP contribution in [0, 0.1) is 5.92 Å². The predicted molar refractivity (Wildman–Crippen MR) is 123 cm³/mol. The molecule has 1 N–H and O–H groups in total. The van der Waals surface area contributed by atoms with Crippen molar-refractivity contribution in [2.45, 2.75) is 19.1 Å². The van der Waals surface area contributed by atoms with Crippen molar-refractivity contribution in [1.29, 1.82) is 0 Å². The number of para-hydroxylation sites is 1. The quantitative estimate of drug-likeness (QED) is 0.560. The molecule has 0 spiro atoms. The molecule has 0 aromatic heterocycles. The zero-order chi connectivity index (χ0) is 23.1. The number of benzene rings is 3. The maximum absolute atomic E-state index is 13.6. The lowest BCUT2D eigenvalue weighted by Crippen LogP contribution is -2.37. The smallest absolute Gasteiger partial charge is 0.266 e. The summed E-state index contributed by atoms with van der Waals surface area (Å²) in [7, 11) is 0. The number of halogens is 1. The van der Waals surface area contributed by atoms with Gasteiger partial charge in [-0.3, -0.25) is 14.4 Å². The largest absolute Gasteiger partial charge is 0.504 e. The number of hydrogen-bond donors (Lipinski definition) is 1. The standard InChI is InChI=1S/C25H21ClN2O5/c1-2-32-20-14-15(8-13-19(20)29)22-21-23(33-28(22)18-6-4-3-5-7-18)25(31)27(24(21)30)17-11-9-16(26)10-12-17/h3-14,21-23,29H,2H2,1H3. The van der Waals surface area contributed by atoms with Crippen LogP contribution in [-0.2, 0) is 14.4 Å². The molecular weight excluding hydrogens is 444 g/mol. The number of fused-ring (bicyclic) bond motifs is 1. The number of nitrogens with zero attached hydrogens (tertiary/aromatic N) is 2. The van der Waals surface area contributed by atoms with E-state index in [4.69, 9.17) is 21.2 Å². The molecule has 0 bridgehead atoms. The molecule has 0 radical (unpaired) electrons. The highest BCUT2D eigenvalue weighted by Gasteiger charge is 2.60. The highest BCUT2D eigenvalue weighted by molar-refractivity contribution is 6.31. The van der Waals surface area contributed by atoms with E-state index in [1.165, 1.54) is 6.07 Å². The van der Waals surface area contributed by atoms with Crippen LogP contribution in [0.3, 0.4) is 0 Å². The number of amides is 2. The lowest BCUT2D eigenvalue weighted by atomic mass is 9.90. The molecule has 2 aliphatic rings. The minimum Gasteiger partial charge on any atom is -0.504 e. The first-order valence-corrected chi connectivity index (χ1v) is 11.0. The van der Waals surface area contributed by atoms with Crippen LogP contribution in [0.5, 0.6) is 11.5 Å². The molecule has 168 valence electrons. The Balaban J connectivity index is 1.59. The number of hydroxylamine groups is 1. The van der Waals surface area contributed by atoms with Crippen molar-refractivity contribution in [1.82, 2.24) is 0 Å². The number of rotatable bonds is 5. The van der Waals surface area contributed by atoms with E-state index in [0.717, 1.165) is 4.90 Å². The van der Waals surface area contributed by atoms with Gasteiger partial charge in [0.05, 0.1) is 24.0 Å². The van der Waals surface area contributed by atoms with Gasteiger partial charge in [0.15, 0.2) is 17.6 Å². The Morgan fingerprint density at radius 2 is 1.70 bits per heavy atom. The van der Waals surface area contributed by atoms with Gasteiger partial charge in [0, 0.05) is 5.02 Å². The normalized spacial score (nSPS) is 22.1. The molecular formula is C25H21ClN2O5. The van der Waals surface area contributed by atoms with E-state index in [1.54, 1.807) is 41.5 Å². The average Bonchev–Trinajstić information content (AvgIpc) is 3.33. The fraction of sp³-hybridized carbons (Fsp3) is 0.200. The van der Waals surface area contributed by atoms with Gasteiger partial charge in [-0.15, -0.1) is 0 Å². The molecule has 8 heteroatoms. The fourth-order valence-electron chi connectivity index (χ4n) is 4.38. The van der Waals surface area contributed by atoms with Crippen LogP contribution in [-0.4, -0.2) is 29.6 Å². The first-order valence-electron chi connectivity index (χ1n) is 10.6. The molecule has 0 aliphatic carbocycles. The van der Waals surface area contributed by atoms with Gasteiger partial charge in [0.2, 0.25) is 5.91 Å². The molecule has 2 heterocycles. The lowest BCUT2D eigenvalue weighted by Gasteiger charge is -2.29. The number of anilines is 2. The summed E-state index contributed by atoms with van der Waals surface area (Å²) in [6.07, 6.45) is -0.984. The van der Waals surface area contributed by atoms with Gasteiger partial charge in [0.1, 0.15) is 5.92 Å². The van der Waals surface area contributed by atoms with E-state index >= 15 is 0 Å². The number of imide groups is 1. The van der Waals surface area contributed by atoms with Gasteiger partial charge in [-0.25, -0.2) is 9.96 Å². The zero-order valence-corrected chi connectivity index (χ0v) is 18.5. The molecule has 3 aromatic rings. The second kappa shape index (κ2) is 8.42. The van der Waals surface area contributed by atoms with E-state index in [9.17, 15) is 14.7 Å². The van der Waals surface area contributed by atoms with Gasteiger partial charge < -0.3 is 9.84 Å². The van der Waals surface area contributed by atoms with Gasteiger partial charge >= 0.3 is 0 Å². The molecule has 0 saturated carbocycles. The third kappa shape index (κ3) is 3.59. The SMILES string of the molecule is CCOc1cc(C2C3C(=O)N(c4ccc(Cl)cc4)C(=O)C3ON2c2ccccc2)ccc1O. The summed E-state index contributed by atoms with van der Waals surface area (Å²) in [4.78, 5) is 34.2. The highest BCUT2D eigenvalue weighted by atomic mass is 35.5. The minimum atomic E-state index is -0.984. The number of phenolic OH excluding ortho intramolecular Hbond substituents is 1. The van der Waals surface area contributed by atoms with Crippen LogP contribution in [0.4, 0.5) is 11.4 Å². The van der Waals surface area contributed by atoms with Crippen LogP contribution < -0.4 is 14.7 Å². The molecule has 2 saturated heterocycles. The molecule has 2 amide bonds. The average molecular weight is 465 g/mol. The molecule has 7 nitrogen and oxygen atoms in total. The summed E-state index contributed by atoms with van der Waals surface area (Å²) < 4.78 is 5.55. The number of phenols is 1. The summed E-state index contributed by atoms with van der Waals surface area (Å²) in [5.74, 6) is -1.27. The summed E-state index contributed by atoms with van der Waals surface area (Å²) in [5, 5.41) is 12.3. The monoisotopic (exact) mass is 464 g/mol. The van der Waals surface area contributed by atoms with Gasteiger partial charge in [-0.05, 0) is 61.0 Å². The van der Waals surface area contributed by atoms with Crippen molar-refractivity contribution in [2.24, 2.45) is 5.92 Å². The van der Waals surface area contributed by atoms with Crippen molar-refractivity contribution in [2.75, 3.05) is 16.6 Å². The van der Waals surface area contributed by atoms with E-state index in [2.05, 4.69) is 0 Å². The predicted octanol–water partition coefficient (Wildman–Crippen LogP) is 4.50. The van der Waals surface area contributed by atoms with Crippen LogP contribution in [0.1, 0.15) is 18.5 Å². The number of ether oxygens (including phenoxy) is 1. The van der Waals surface area contributed by atoms with Gasteiger partial charge in [-0.1, -0.05) is 35.9 Å². The van der Waals surface area contributed by atoms with Crippen molar-refractivity contribution in [3.63, 3.8) is 0 Å². The molecule has 3 unspecified atom stereocenters. The lowest BCUT2D eigenvalue weighted by molar-refractivity contribution is -0.126. The second-order valence-electron chi connectivity index (χ2n) is 7.81. The van der Waals surface area contributed by atoms with E-state index in [1.807, 2.05) is 37.3 Å². The summed E-state index contributed by atoms with van der Waals surface area (Å²) in [6, 6.07) is 20.2. The molecule has 2 fully saturated rings. The number of aromatic hydroxyl groups is 1. The molecule has 5 rings (SSSR count). The van der Waals surface area contributed by atoms with E-state index in [0.29, 0.717) is 34.3 Å². The first-order chi connectivity index (χ1) is 16.0. The third-order valence-electron chi connectivity index (χ3n) is 5.84. The molecule has 2 aliphatic heterocycles. The molecule has 33 heavy (non-hydrogen) atoms. The number of hydrogen-bond acceptors (Lipinski definition) is 6. The van der Waals surface area contributed by atoms with Crippen LogP contribution in [0.15, 0.2) is 72.8 Å². The van der Waals surface area contributed by atoms with Crippen LogP contribution in [0.2, 0.25) is 5.02 Å². The Morgan fingerprint density at radius 3 is 2.39 bits per heavy atom. The summed E-state index contributed by atoms with van der Waals surface area (Å²) in [6.45, 7) is 2.19. The zero-order valence-electron chi connectivity index (χ0n) is 17.7. The summed E-state index contributed by atoms with van der Waals surface area (Å²) >= 11 is 5.98. The number of carbonyl (C=O) groups is 2. The topological polar surface area (TPSA) is 79.3 Å². The van der Waals surface area contributed by atoms with Crippen molar-refractivity contribution < 1.29 is 24.3 Å². The van der Waals surface area contributed by atoms with Gasteiger partial charge in [-0.2, -0.15) is 0 Å². The second-order valence-corrected chi connectivity index (χ2v) is 8.24. The van der Waals surface area contributed by atoms with Gasteiger partial charge in [0.25, 0.3) is 5.91 Å². The minimum absolute atomic E-state index is 0.000980.